The minimum Gasteiger partial charge on any atom is -0.497 e. The lowest BCUT2D eigenvalue weighted by Crippen LogP contribution is -2.29. The molecular weight excluding hydrogens is 404 g/mol. The molecule has 5 rings (SSSR count). The average molecular weight is 433 g/mol. The number of aromatic nitrogens is 2. The minimum absolute atomic E-state index is 0.0133. The fourth-order valence-electron chi connectivity index (χ4n) is 4.94. The molecule has 3 heterocycles. The molecule has 6 heteroatoms. The van der Waals surface area contributed by atoms with Gasteiger partial charge in [0.2, 0.25) is 0 Å². The van der Waals surface area contributed by atoms with Gasteiger partial charge in [-0.1, -0.05) is 31.4 Å². The minimum atomic E-state index is -0.0258. The van der Waals surface area contributed by atoms with Crippen LogP contribution in [-0.2, 0) is 0 Å². The number of benzene rings is 1. The number of anilines is 1. The molecule has 1 saturated carbocycles. The summed E-state index contributed by atoms with van der Waals surface area (Å²) in [6.07, 6.45) is 12.9. The number of rotatable bonds is 5. The van der Waals surface area contributed by atoms with Crippen LogP contribution in [0.3, 0.4) is 0 Å². The highest BCUT2D eigenvalue weighted by molar-refractivity contribution is 7.80. The van der Waals surface area contributed by atoms with E-state index in [4.69, 9.17) is 17.0 Å². The van der Waals surface area contributed by atoms with Crippen LogP contribution in [0.4, 0.5) is 5.69 Å². The fraction of sp³-hybridized carbons (Fsp3) is 0.360. The third kappa shape index (κ3) is 3.92. The van der Waals surface area contributed by atoms with Crippen molar-refractivity contribution >= 4 is 23.0 Å². The van der Waals surface area contributed by atoms with Crippen molar-refractivity contribution in [2.24, 2.45) is 0 Å². The molecule has 1 saturated heterocycles. The van der Waals surface area contributed by atoms with E-state index in [0.717, 1.165) is 17.1 Å². The molecule has 0 bridgehead atoms. The number of pyridine rings is 1. The first-order valence-corrected chi connectivity index (χ1v) is 11.5. The fourth-order valence-corrected chi connectivity index (χ4v) is 5.29. The molecule has 1 aliphatic heterocycles. The molecule has 2 atom stereocenters. The van der Waals surface area contributed by atoms with Crippen LogP contribution < -0.4 is 15.0 Å². The summed E-state index contributed by atoms with van der Waals surface area (Å²) in [5.74, 6) is 0.820. The Morgan fingerprint density at radius 2 is 1.94 bits per heavy atom. The van der Waals surface area contributed by atoms with Crippen LogP contribution in [0.25, 0.3) is 0 Å². The summed E-state index contributed by atoms with van der Waals surface area (Å²) in [5.41, 5.74) is 3.26. The molecule has 31 heavy (non-hydrogen) atoms. The lowest BCUT2D eigenvalue weighted by atomic mass is 9.95. The second-order valence-electron chi connectivity index (χ2n) is 8.38. The Kier molecular flexibility index (Phi) is 5.64. The lowest BCUT2D eigenvalue weighted by molar-refractivity contribution is 0.353. The Bertz CT molecular complexity index is 1040. The van der Waals surface area contributed by atoms with Crippen molar-refractivity contribution in [1.29, 1.82) is 0 Å². The van der Waals surface area contributed by atoms with E-state index in [9.17, 15) is 0 Å². The van der Waals surface area contributed by atoms with Crippen LogP contribution in [-0.4, -0.2) is 21.8 Å². The van der Waals surface area contributed by atoms with Crippen molar-refractivity contribution in [2.75, 3.05) is 12.0 Å². The van der Waals surface area contributed by atoms with Gasteiger partial charge in [0.05, 0.1) is 24.9 Å². The lowest BCUT2D eigenvalue weighted by Gasteiger charge is -2.28. The summed E-state index contributed by atoms with van der Waals surface area (Å²) >= 11 is 5.83. The maximum Gasteiger partial charge on any atom is 0.174 e. The first kappa shape index (κ1) is 20.1. The third-order valence-corrected chi connectivity index (χ3v) is 6.82. The van der Waals surface area contributed by atoms with Crippen molar-refractivity contribution in [3.63, 3.8) is 0 Å². The molecule has 5 nitrogen and oxygen atoms in total. The Labute approximate surface area is 189 Å². The predicted octanol–water partition coefficient (Wildman–Crippen LogP) is 5.57. The molecule has 3 aromatic rings. The number of hydrogen-bond donors (Lipinski definition) is 1. The zero-order chi connectivity index (χ0) is 21.2. The van der Waals surface area contributed by atoms with E-state index in [1.807, 2.05) is 36.5 Å². The SMILES string of the molecule is COc1cccc(N2C(=S)N[C@H](c3ccccn3)[C@@H]2c2ccn(C3CCCCC3)c2)c1. The van der Waals surface area contributed by atoms with Gasteiger partial charge < -0.3 is 19.5 Å². The standard InChI is InChI=1S/C25H28N4OS/c1-30-21-11-7-10-20(16-21)29-24(23(27-25(29)31)22-12-5-6-14-26-22)18-13-15-28(17-18)19-8-3-2-4-9-19/h5-7,10-17,19,23-24H,2-4,8-9H2,1H3,(H,27,31)/t23-,24+/m1/s1. The number of ether oxygens (including phenoxy) is 1. The van der Waals surface area contributed by atoms with Crippen molar-refractivity contribution in [1.82, 2.24) is 14.9 Å². The Balaban J connectivity index is 1.55. The molecule has 2 aliphatic rings. The summed E-state index contributed by atoms with van der Waals surface area (Å²) in [7, 11) is 1.69. The third-order valence-electron chi connectivity index (χ3n) is 6.50. The normalized spacial score (nSPS) is 21.8. The van der Waals surface area contributed by atoms with E-state index in [1.54, 1.807) is 7.11 Å². The number of methoxy groups -OCH3 is 1. The topological polar surface area (TPSA) is 42.3 Å². The number of hydrogen-bond acceptors (Lipinski definition) is 3. The Morgan fingerprint density at radius 3 is 2.71 bits per heavy atom. The molecule has 2 fully saturated rings. The van der Waals surface area contributed by atoms with Crippen LogP contribution in [0, 0.1) is 0 Å². The van der Waals surface area contributed by atoms with Crippen molar-refractivity contribution in [3.05, 3.63) is 78.4 Å². The summed E-state index contributed by atoms with van der Waals surface area (Å²) in [4.78, 5) is 6.86. The zero-order valence-corrected chi connectivity index (χ0v) is 18.6. The maximum absolute atomic E-state index is 5.83. The molecule has 0 radical (unpaired) electrons. The number of nitrogens with one attached hydrogen (secondary N) is 1. The van der Waals surface area contributed by atoms with Gasteiger partial charge in [-0.3, -0.25) is 4.98 Å². The zero-order valence-electron chi connectivity index (χ0n) is 17.8. The highest BCUT2D eigenvalue weighted by atomic mass is 32.1. The van der Waals surface area contributed by atoms with E-state index < -0.39 is 0 Å². The van der Waals surface area contributed by atoms with Crippen LogP contribution in [0.2, 0.25) is 0 Å². The van der Waals surface area contributed by atoms with Gasteiger partial charge in [-0.05, 0) is 61.0 Å². The largest absolute Gasteiger partial charge is 0.497 e. The van der Waals surface area contributed by atoms with Gasteiger partial charge in [0.1, 0.15) is 5.75 Å². The molecule has 0 unspecified atom stereocenters. The Hall–Kier alpha value is -2.86. The molecule has 160 valence electrons. The number of thiocarbonyl (C=S) groups is 1. The van der Waals surface area contributed by atoms with Crippen LogP contribution in [0.1, 0.15) is 61.5 Å². The second-order valence-corrected chi connectivity index (χ2v) is 8.77. The van der Waals surface area contributed by atoms with E-state index in [0.29, 0.717) is 11.2 Å². The van der Waals surface area contributed by atoms with Gasteiger partial charge in [-0.15, -0.1) is 0 Å². The first-order chi connectivity index (χ1) is 15.2. The predicted molar refractivity (Wildman–Crippen MR) is 127 cm³/mol. The van der Waals surface area contributed by atoms with E-state index >= 15 is 0 Å². The van der Waals surface area contributed by atoms with Gasteiger partial charge in [0.25, 0.3) is 0 Å². The monoisotopic (exact) mass is 432 g/mol. The average Bonchev–Trinajstić information content (AvgIpc) is 3.45. The van der Waals surface area contributed by atoms with Crippen molar-refractivity contribution in [2.45, 2.75) is 50.2 Å². The van der Waals surface area contributed by atoms with Crippen LogP contribution >= 0.6 is 12.2 Å². The molecule has 2 aromatic heterocycles. The summed E-state index contributed by atoms with van der Waals surface area (Å²) in [6, 6.07) is 17.0. The smallest absolute Gasteiger partial charge is 0.174 e. The number of nitrogens with zero attached hydrogens (tertiary/aromatic N) is 3. The van der Waals surface area contributed by atoms with Gasteiger partial charge >= 0.3 is 0 Å². The van der Waals surface area contributed by atoms with Gasteiger partial charge in [0, 0.05) is 36.4 Å². The Morgan fingerprint density at radius 1 is 1.06 bits per heavy atom. The van der Waals surface area contributed by atoms with E-state index in [-0.39, 0.29) is 12.1 Å². The second kappa shape index (κ2) is 8.71. The molecule has 1 aliphatic carbocycles. The van der Waals surface area contributed by atoms with Gasteiger partial charge in [-0.2, -0.15) is 0 Å². The molecular formula is C25H28N4OS. The molecule has 0 amide bonds. The highest BCUT2D eigenvalue weighted by Gasteiger charge is 2.41. The van der Waals surface area contributed by atoms with Gasteiger partial charge in [-0.25, -0.2) is 0 Å². The van der Waals surface area contributed by atoms with E-state index in [1.165, 1.54) is 37.7 Å². The molecule has 0 spiro atoms. The summed E-state index contributed by atoms with van der Waals surface area (Å²) in [5, 5.41) is 4.25. The maximum atomic E-state index is 5.83. The van der Waals surface area contributed by atoms with Crippen LogP contribution in [0.15, 0.2) is 67.1 Å². The van der Waals surface area contributed by atoms with Gasteiger partial charge in [0.15, 0.2) is 5.11 Å². The summed E-state index contributed by atoms with van der Waals surface area (Å²) in [6.45, 7) is 0. The first-order valence-electron chi connectivity index (χ1n) is 11.1. The molecule has 1 aromatic carbocycles. The summed E-state index contributed by atoms with van der Waals surface area (Å²) < 4.78 is 7.89. The van der Waals surface area contributed by atoms with Crippen LogP contribution in [0.5, 0.6) is 5.75 Å². The quantitative estimate of drug-likeness (QED) is 0.534. The van der Waals surface area contributed by atoms with E-state index in [2.05, 4.69) is 50.4 Å². The highest BCUT2D eigenvalue weighted by Crippen LogP contribution is 2.42. The molecule has 1 N–H and O–H groups in total. The van der Waals surface area contributed by atoms with Crippen molar-refractivity contribution in [3.8, 4) is 5.75 Å². The van der Waals surface area contributed by atoms with Crippen molar-refractivity contribution < 1.29 is 4.74 Å².